The van der Waals surface area contributed by atoms with Crippen molar-refractivity contribution in [2.45, 2.75) is 13.1 Å². The molecule has 0 aliphatic rings. The van der Waals surface area contributed by atoms with E-state index in [-0.39, 0.29) is 13.1 Å². The minimum Gasteiger partial charge on any atom is -0.466 e. The molecule has 0 saturated heterocycles. The average Bonchev–Trinajstić information content (AvgIpc) is 3.26. The van der Waals surface area contributed by atoms with Crippen LogP contribution in [0.1, 0.15) is 0 Å². The number of hydrogen-bond acceptors (Lipinski definition) is 11. The standard InChI is InChI=1S/C14H19N9O6/c1-28-11(24)3-7-20-13(26)22(18-16-20)9-5-15-6-10-23-14(27)21(17-19-23)8-4-12(25)29-2/h3-4,7-8,15H,5-6,9-10H2,1-2H3/b7-3+,8-4+. The van der Waals surface area contributed by atoms with Crippen LogP contribution < -0.4 is 16.7 Å². The van der Waals surface area contributed by atoms with Gasteiger partial charge in [0.15, 0.2) is 0 Å². The van der Waals surface area contributed by atoms with Gasteiger partial charge in [-0.05, 0) is 20.9 Å². The van der Waals surface area contributed by atoms with Gasteiger partial charge in [-0.25, -0.2) is 19.2 Å². The third kappa shape index (κ3) is 6.06. The molecule has 15 nitrogen and oxygen atoms in total. The fourth-order valence-electron chi connectivity index (χ4n) is 1.93. The molecular formula is C14H19N9O6. The maximum Gasteiger partial charge on any atom is 0.367 e. The molecule has 2 heterocycles. The molecule has 0 aliphatic heterocycles. The number of carbonyl (C=O) groups excluding carboxylic acids is 2. The lowest BCUT2D eigenvalue weighted by Crippen LogP contribution is -2.32. The minimum absolute atomic E-state index is 0.217. The molecule has 0 bridgehead atoms. The van der Waals surface area contributed by atoms with Gasteiger partial charge >= 0.3 is 23.3 Å². The number of nitrogens with one attached hydrogen (secondary N) is 1. The molecule has 156 valence electrons. The smallest absolute Gasteiger partial charge is 0.367 e. The van der Waals surface area contributed by atoms with Gasteiger partial charge in [0, 0.05) is 37.6 Å². The largest absolute Gasteiger partial charge is 0.466 e. The van der Waals surface area contributed by atoms with E-state index in [1.54, 1.807) is 0 Å². The van der Waals surface area contributed by atoms with Crippen molar-refractivity contribution in [3.8, 4) is 0 Å². The second-order valence-electron chi connectivity index (χ2n) is 5.29. The monoisotopic (exact) mass is 409 g/mol. The van der Waals surface area contributed by atoms with Crippen molar-refractivity contribution in [2.24, 2.45) is 0 Å². The Bertz CT molecular complexity index is 931. The Kier molecular flexibility index (Phi) is 7.72. The summed E-state index contributed by atoms with van der Waals surface area (Å²) in [7, 11) is 2.43. The van der Waals surface area contributed by atoms with Gasteiger partial charge < -0.3 is 14.8 Å². The molecule has 0 fully saturated rings. The first kappa shape index (κ1) is 21.4. The molecule has 0 radical (unpaired) electrons. The van der Waals surface area contributed by atoms with Crippen molar-refractivity contribution in [2.75, 3.05) is 27.3 Å². The number of methoxy groups -OCH3 is 2. The number of esters is 2. The second kappa shape index (κ2) is 10.5. The van der Waals surface area contributed by atoms with E-state index in [1.165, 1.54) is 14.2 Å². The number of rotatable bonds is 10. The summed E-state index contributed by atoms with van der Waals surface area (Å²) in [6.07, 6.45) is 4.39. The lowest BCUT2D eigenvalue weighted by molar-refractivity contribution is -0.135. The number of hydrogen-bond donors (Lipinski definition) is 1. The van der Waals surface area contributed by atoms with Crippen LogP contribution in [-0.4, -0.2) is 78.8 Å². The summed E-state index contributed by atoms with van der Waals surface area (Å²) in [6.45, 7) is 1.16. The molecule has 29 heavy (non-hydrogen) atoms. The summed E-state index contributed by atoms with van der Waals surface area (Å²) in [5.41, 5.74) is -1.05. The molecule has 0 atom stereocenters. The van der Waals surface area contributed by atoms with Crippen LogP contribution in [0.5, 0.6) is 0 Å². The Morgan fingerprint density at radius 2 is 1.24 bits per heavy atom. The van der Waals surface area contributed by atoms with E-state index < -0.39 is 23.3 Å². The van der Waals surface area contributed by atoms with Crippen LogP contribution in [0.4, 0.5) is 0 Å². The van der Waals surface area contributed by atoms with Crippen LogP contribution in [-0.2, 0) is 32.2 Å². The van der Waals surface area contributed by atoms with Gasteiger partial charge in [0.1, 0.15) is 0 Å². The quantitative estimate of drug-likeness (QED) is 0.238. The van der Waals surface area contributed by atoms with E-state index in [0.29, 0.717) is 13.1 Å². The van der Waals surface area contributed by atoms with Gasteiger partial charge in [-0.15, -0.1) is 0 Å². The van der Waals surface area contributed by atoms with Crippen LogP contribution in [0, 0.1) is 0 Å². The summed E-state index contributed by atoms with van der Waals surface area (Å²) >= 11 is 0. The normalized spacial score (nSPS) is 11.4. The first-order valence-electron chi connectivity index (χ1n) is 8.24. The maximum absolute atomic E-state index is 12.0. The Balaban J connectivity index is 1.80. The second-order valence-corrected chi connectivity index (χ2v) is 5.29. The first-order valence-corrected chi connectivity index (χ1v) is 8.24. The summed E-state index contributed by atoms with van der Waals surface area (Å²) in [5.74, 6) is -1.25. The molecule has 0 spiro atoms. The molecule has 2 aromatic rings. The van der Waals surface area contributed by atoms with Crippen molar-refractivity contribution in [3.63, 3.8) is 0 Å². The van der Waals surface area contributed by atoms with Gasteiger partial charge in [-0.1, -0.05) is 0 Å². The summed E-state index contributed by atoms with van der Waals surface area (Å²) in [4.78, 5) is 46.0. The van der Waals surface area contributed by atoms with Crippen molar-refractivity contribution < 1.29 is 19.1 Å². The Morgan fingerprint density at radius 1 is 0.828 bits per heavy atom. The fourth-order valence-corrected chi connectivity index (χ4v) is 1.93. The Hall–Kier alpha value is -3.88. The predicted molar refractivity (Wildman–Crippen MR) is 96.1 cm³/mol. The van der Waals surface area contributed by atoms with Gasteiger partial charge in [0.25, 0.3) is 0 Å². The zero-order valence-corrected chi connectivity index (χ0v) is 15.7. The topological polar surface area (TPSA) is 170 Å². The highest BCUT2D eigenvalue weighted by Crippen LogP contribution is 1.83. The third-order valence-corrected chi connectivity index (χ3v) is 3.43. The van der Waals surface area contributed by atoms with E-state index >= 15 is 0 Å². The number of aromatic nitrogens is 8. The van der Waals surface area contributed by atoms with Gasteiger partial charge in [0.2, 0.25) is 0 Å². The maximum atomic E-state index is 12.0. The number of tetrazole rings is 2. The SMILES string of the molecule is COC(=O)/C=C/n1nnn(CCNCCn2nnn(/C=C/C(=O)OC)c2=O)c1=O. The molecule has 0 saturated carbocycles. The Morgan fingerprint density at radius 3 is 1.62 bits per heavy atom. The lowest BCUT2D eigenvalue weighted by Gasteiger charge is -2.02. The summed E-state index contributed by atoms with van der Waals surface area (Å²) in [6, 6.07) is 0. The highest BCUT2D eigenvalue weighted by molar-refractivity contribution is 5.85. The van der Waals surface area contributed by atoms with Crippen LogP contribution in [0.25, 0.3) is 12.4 Å². The van der Waals surface area contributed by atoms with Crippen LogP contribution >= 0.6 is 0 Å². The lowest BCUT2D eigenvalue weighted by atomic mass is 10.5. The average molecular weight is 409 g/mol. The third-order valence-electron chi connectivity index (χ3n) is 3.43. The van der Waals surface area contributed by atoms with E-state index in [2.05, 4.69) is 35.6 Å². The zero-order valence-electron chi connectivity index (χ0n) is 15.7. The van der Waals surface area contributed by atoms with Crippen molar-refractivity contribution in [3.05, 3.63) is 33.1 Å². The van der Waals surface area contributed by atoms with Crippen LogP contribution in [0.2, 0.25) is 0 Å². The van der Waals surface area contributed by atoms with Crippen molar-refractivity contribution in [1.29, 1.82) is 0 Å². The molecule has 0 aromatic carbocycles. The first-order chi connectivity index (χ1) is 14.0. The van der Waals surface area contributed by atoms with Gasteiger partial charge in [-0.3, -0.25) is 0 Å². The molecule has 0 amide bonds. The van der Waals surface area contributed by atoms with Crippen molar-refractivity contribution in [1.82, 2.24) is 44.9 Å². The molecule has 2 aromatic heterocycles. The van der Waals surface area contributed by atoms with Gasteiger partial charge in [0.05, 0.1) is 27.3 Å². The molecule has 2 rings (SSSR count). The number of nitrogens with zero attached hydrogens (tertiary/aromatic N) is 8. The van der Waals surface area contributed by atoms with Gasteiger partial charge in [-0.2, -0.15) is 18.7 Å². The molecule has 15 heteroatoms. The number of carbonyl (C=O) groups is 2. The molecular weight excluding hydrogens is 390 g/mol. The highest BCUT2D eigenvalue weighted by atomic mass is 16.5. The fraction of sp³-hybridized carbons (Fsp3) is 0.429. The summed E-state index contributed by atoms with van der Waals surface area (Å²) in [5, 5.41) is 17.6. The van der Waals surface area contributed by atoms with E-state index in [1.807, 2.05) is 0 Å². The van der Waals surface area contributed by atoms with E-state index in [0.717, 1.165) is 43.3 Å². The summed E-state index contributed by atoms with van der Waals surface area (Å²) < 4.78 is 12.9. The highest BCUT2D eigenvalue weighted by Gasteiger charge is 2.06. The van der Waals surface area contributed by atoms with E-state index in [9.17, 15) is 19.2 Å². The molecule has 0 aliphatic carbocycles. The number of ether oxygens (including phenoxy) is 2. The van der Waals surface area contributed by atoms with Crippen molar-refractivity contribution >= 4 is 24.3 Å². The predicted octanol–water partition coefficient (Wildman–Crippen LogP) is -3.23. The Labute approximate surface area is 162 Å². The van der Waals surface area contributed by atoms with Crippen LogP contribution in [0.15, 0.2) is 21.7 Å². The minimum atomic E-state index is -0.624. The zero-order chi connectivity index (χ0) is 21.2. The van der Waals surface area contributed by atoms with E-state index in [4.69, 9.17) is 0 Å². The molecule has 1 N–H and O–H groups in total. The van der Waals surface area contributed by atoms with Crippen LogP contribution in [0.3, 0.4) is 0 Å². The molecule has 0 unspecified atom stereocenters.